The molecular weight excluding hydrogens is 392 g/mol. The third-order valence-electron chi connectivity index (χ3n) is 6.04. The Morgan fingerprint density at radius 3 is 2.67 bits per heavy atom. The number of halogens is 1. The minimum absolute atomic E-state index is 0.668. The molecule has 1 atom stereocenters. The van der Waals surface area contributed by atoms with Crippen molar-refractivity contribution in [2.45, 2.75) is 26.7 Å². The van der Waals surface area contributed by atoms with Gasteiger partial charge in [-0.05, 0) is 48.9 Å². The Hall–Kier alpha value is -2.85. The summed E-state index contributed by atoms with van der Waals surface area (Å²) in [7, 11) is 0. The van der Waals surface area contributed by atoms with Crippen LogP contribution in [-0.4, -0.2) is 27.6 Å². The first-order valence-corrected chi connectivity index (χ1v) is 10.9. The standard InChI is InChI=1S/C25H25ClN4/c1-17-7-6-12-29(14-17)24-23-21(19-8-4-3-5-9-19)15-30(25(23)28-16-27-24)20-11-10-18(2)22(26)13-20/h3-5,8-11,13,15-17H,6-7,12,14H2,1-2H3/t17-/m0/s1. The van der Waals surface area contributed by atoms with E-state index in [1.165, 1.54) is 18.4 Å². The van der Waals surface area contributed by atoms with Gasteiger partial charge >= 0.3 is 0 Å². The number of fused-ring (bicyclic) bond motifs is 1. The van der Waals surface area contributed by atoms with E-state index in [0.717, 1.165) is 51.8 Å². The van der Waals surface area contributed by atoms with E-state index in [1.54, 1.807) is 6.33 Å². The van der Waals surface area contributed by atoms with Crippen molar-refractivity contribution in [3.05, 3.63) is 71.6 Å². The highest BCUT2D eigenvalue weighted by Gasteiger charge is 2.24. The fourth-order valence-corrected chi connectivity index (χ4v) is 4.61. The quantitative estimate of drug-likeness (QED) is 0.393. The molecule has 4 nitrogen and oxygen atoms in total. The van der Waals surface area contributed by atoms with Crippen molar-refractivity contribution in [1.29, 1.82) is 0 Å². The molecule has 5 rings (SSSR count). The molecular formula is C25H25ClN4. The normalized spacial score (nSPS) is 16.9. The third kappa shape index (κ3) is 3.35. The van der Waals surface area contributed by atoms with Gasteiger partial charge in [-0.2, -0.15) is 0 Å². The fourth-order valence-electron chi connectivity index (χ4n) is 4.43. The van der Waals surface area contributed by atoms with Crippen molar-refractivity contribution in [1.82, 2.24) is 14.5 Å². The SMILES string of the molecule is Cc1ccc(-n2cc(-c3ccccc3)c3c(N4CCC[C@H](C)C4)ncnc32)cc1Cl. The van der Waals surface area contributed by atoms with E-state index in [-0.39, 0.29) is 0 Å². The first kappa shape index (κ1) is 19.1. The van der Waals surface area contributed by atoms with Crippen molar-refractivity contribution in [3.63, 3.8) is 0 Å². The summed E-state index contributed by atoms with van der Waals surface area (Å²) >= 11 is 6.45. The van der Waals surface area contributed by atoms with Gasteiger partial charge in [-0.3, -0.25) is 0 Å². The Morgan fingerprint density at radius 2 is 1.90 bits per heavy atom. The molecule has 0 N–H and O–H groups in total. The van der Waals surface area contributed by atoms with Gasteiger partial charge in [0.25, 0.3) is 0 Å². The summed E-state index contributed by atoms with van der Waals surface area (Å²) in [5.41, 5.74) is 5.31. The molecule has 0 aliphatic carbocycles. The summed E-state index contributed by atoms with van der Waals surface area (Å²) in [6, 6.07) is 16.7. The van der Waals surface area contributed by atoms with Gasteiger partial charge in [-0.15, -0.1) is 0 Å². The molecule has 1 saturated heterocycles. The van der Waals surface area contributed by atoms with Gasteiger partial charge in [0.05, 0.1) is 5.39 Å². The summed E-state index contributed by atoms with van der Waals surface area (Å²) in [5, 5.41) is 1.87. The Balaban J connectivity index is 1.77. The molecule has 1 aliphatic heterocycles. The lowest BCUT2D eigenvalue weighted by atomic mass is 9.99. The summed E-state index contributed by atoms with van der Waals surface area (Å²) in [4.78, 5) is 11.9. The minimum Gasteiger partial charge on any atom is -0.356 e. The molecule has 1 aliphatic rings. The number of rotatable bonds is 3. The molecule has 3 heterocycles. The predicted molar refractivity (Wildman–Crippen MR) is 125 cm³/mol. The maximum absolute atomic E-state index is 6.45. The van der Waals surface area contributed by atoms with Crippen molar-refractivity contribution >= 4 is 28.5 Å². The molecule has 0 unspecified atom stereocenters. The molecule has 30 heavy (non-hydrogen) atoms. The van der Waals surface area contributed by atoms with Crippen molar-refractivity contribution in [2.24, 2.45) is 5.92 Å². The van der Waals surface area contributed by atoms with Gasteiger partial charge in [-0.25, -0.2) is 9.97 Å². The smallest absolute Gasteiger partial charge is 0.150 e. The summed E-state index contributed by atoms with van der Waals surface area (Å²) in [5.74, 6) is 1.70. The minimum atomic E-state index is 0.668. The third-order valence-corrected chi connectivity index (χ3v) is 6.45. The summed E-state index contributed by atoms with van der Waals surface area (Å²) in [6.45, 7) is 6.41. The topological polar surface area (TPSA) is 34.0 Å². The number of piperidine rings is 1. The van der Waals surface area contributed by atoms with Crippen molar-refractivity contribution in [2.75, 3.05) is 18.0 Å². The summed E-state index contributed by atoms with van der Waals surface area (Å²) < 4.78 is 2.14. The average molecular weight is 417 g/mol. The molecule has 0 spiro atoms. The second-order valence-electron chi connectivity index (χ2n) is 8.30. The van der Waals surface area contributed by atoms with Crippen LogP contribution in [-0.2, 0) is 0 Å². The number of aryl methyl sites for hydroxylation is 1. The van der Waals surface area contributed by atoms with E-state index in [4.69, 9.17) is 21.6 Å². The van der Waals surface area contributed by atoms with Crippen molar-refractivity contribution in [3.8, 4) is 16.8 Å². The van der Waals surface area contributed by atoms with Crippen LogP contribution >= 0.6 is 11.6 Å². The van der Waals surface area contributed by atoms with E-state index in [0.29, 0.717) is 5.92 Å². The van der Waals surface area contributed by atoms with Gasteiger partial charge in [-0.1, -0.05) is 54.9 Å². The molecule has 2 aromatic carbocycles. The Kier molecular flexibility index (Phi) is 4.95. The Labute approximate surface area is 182 Å². The maximum Gasteiger partial charge on any atom is 0.150 e. The number of anilines is 1. The Morgan fingerprint density at radius 1 is 1.07 bits per heavy atom. The Bertz CT molecular complexity index is 1200. The van der Waals surface area contributed by atoms with Crippen LogP contribution in [0.3, 0.4) is 0 Å². The second kappa shape index (κ2) is 7.77. The zero-order valence-corrected chi connectivity index (χ0v) is 18.1. The first-order chi connectivity index (χ1) is 14.6. The van der Waals surface area contributed by atoms with E-state index in [9.17, 15) is 0 Å². The highest BCUT2D eigenvalue weighted by Crippen LogP contribution is 2.38. The lowest BCUT2D eigenvalue weighted by Crippen LogP contribution is -2.35. The molecule has 4 aromatic rings. The van der Waals surface area contributed by atoms with Crippen LogP contribution < -0.4 is 4.90 Å². The monoisotopic (exact) mass is 416 g/mol. The van der Waals surface area contributed by atoms with Crippen LogP contribution in [0.25, 0.3) is 27.8 Å². The van der Waals surface area contributed by atoms with Crippen LogP contribution in [0.2, 0.25) is 5.02 Å². The van der Waals surface area contributed by atoms with E-state index >= 15 is 0 Å². The van der Waals surface area contributed by atoms with Crippen LogP contribution in [0, 0.1) is 12.8 Å². The van der Waals surface area contributed by atoms with Gasteiger partial charge in [0, 0.05) is 35.6 Å². The largest absolute Gasteiger partial charge is 0.356 e. The molecule has 1 fully saturated rings. The van der Waals surface area contributed by atoms with Crippen LogP contribution in [0.4, 0.5) is 5.82 Å². The van der Waals surface area contributed by atoms with E-state index < -0.39 is 0 Å². The van der Waals surface area contributed by atoms with E-state index in [2.05, 4.69) is 59.0 Å². The molecule has 0 bridgehead atoms. The zero-order valence-electron chi connectivity index (χ0n) is 17.3. The molecule has 5 heteroatoms. The molecule has 0 radical (unpaired) electrons. The average Bonchev–Trinajstić information content (AvgIpc) is 3.16. The number of hydrogen-bond donors (Lipinski definition) is 0. The second-order valence-corrected chi connectivity index (χ2v) is 8.71. The maximum atomic E-state index is 6.45. The fraction of sp³-hybridized carbons (Fsp3) is 0.280. The zero-order chi connectivity index (χ0) is 20.7. The van der Waals surface area contributed by atoms with Gasteiger partial charge < -0.3 is 9.47 Å². The lowest BCUT2D eigenvalue weighted by molar-refractivity contribution is 0.445. The highest BCUT2D eigenvalue weighted by molar-refractivity contribution is 6.31. The van der Waals surface area contributed by atoms with Gasteiger partial charge in [0.1, 0.15) is 12.1 Å². The van der Waals surface area contributed by atoms with Crippen LogP contribution in [0.5, 0.6) is 0 Å². The number of nitrogens with zero attached hydrogens (tertiary/aromatic N) is 4. The van der Waals surface area contributed by atoms with Crippen molar-refractivity contribution < 1.29 is 0 Å². The lowest BCUT2D eigenvalue weighted by Gasteiger charge is -2.32. The van der Waals surface area contributed by atoms with Gasteiger partial charge in [0.15, 0.2) is 5.65 Å². The van der Waals surface area contributed by atoms with Gasteiger partial charge in [0.2, 0.25) is 0 Å². The number of aromatic nitrogens is 3. The summed E-state index contributed by atoms with van der Waals surface area (Å²) in [6.07, 6.45) is 6.34. The molecule has 2 aromatic heterocycles. The van der Waals surface area contributed by atoms with Crippen LogP contribution in [0.15, 0.2) is 61.1 Å². The molecule has 152 valence electrons. The van der Waals surface area contributed by atoms with Crippen LogP contribution in [0.1, 0.15) is 25.3 Å². The first-order valence-electron chi connectivity index (χ1n) is 10.5. The molecule has 0 amide bonds. The number of benzene rings is 2. The van der Waals surface area contributed by atoms with E-state index in [1.807, 2.05) is 19.1 Å². The number of hydrogen-bond acceptors (Lipinski definition) is 3. The predicted octanol–water partition coefficient (Wildman–Crippen LogP) is 6.29. The highest BCUT2D eigenvalue weighted by atomic mass is 35.5. The molecule has 0 saturated carbocycles.